The molecule has 130 valence electrons. The highest BCUT2D eigenvalue weighted by Gasteiger charge is 2.42. The number of furan rings is 1. The molecule has 3 heterocycles. The van der Waals surface area contributed by atoms with Crippen molar-refractivity contribution in [3.8, 4) is 0 Å². The van der Waals surface area contributed by atoms with Gasteiger partial charge in [0.15, 0.2) is 0 Å². The minimum atomic E-state index is -1.14. The molecule has 1 saturated heterocycles. The van der Waals surface area contributed by atoms with E-state index < -0.39 is 5.60 Å². The third-order valence-corrected chi connectivity index (χ3v) is 4.50. The molecule has 0 aromatic carbocycles. The summed E-state index contributed by atoms with van der Waals surface area (Å²) in [5.41, 5.74) is -0.0308. The van der Waals surface area contributed by atoms with Crippen molar-refractivity contribution >= 4 is 5.91 Å². The molecule has 3 rings (SSSR count). The van der Waals surface area contributed by atoms with Crippen LogP contribution < -0.4 is 0 Å². The summed E-state index contributed by atoms with van der Waals surface area (Å²) in [7, 11) is 0. The van der Waals surface area contributed by atoms with Gasteiger partial charge in [0.25, 0.3) is 5.91 Å². The summed E-state index contributed by atoms with van der Waals surface area (Å²) in [4.78, 5) is 14.4. The van der Waals surface area contributed by atoms with Crippen LogP contribution in [0.15, 0.2) is 22.9 Å². The van der Waals surface area contributed by atoms with Gasteiger partial charge in [0, 0.05) is 25.4 Å². The summed E-state index contributed by atoms with van der Waals surface area (Å²) < 4.78 is 7.13. The number of aromatic nitrogens is 3. The zero-order valence-corrected chi connectivity index (χ0v) is 14.4. The Hall–Kier alpha value is -2.15. The van der Waals surface area contributed by atoms with Crippen LogP contribution in [-0.2, 0) is 12.0 Å². The zero-order chi connectivity index (χ0) is 17.3. The summed E-state index contributed by atoms with van der Waals surface area (Å²) in [6.07, 6.45) is 5.41. The monoisotopic (exact) mass is 332 g/mol. The van der Waals surface area contributed by atoms with Crippen LogP contribution in [0.25, 0.3) is 0 Å². The average molecular weight is 332 g/mol. The lowest BCUT2D eigenvalue weighted by molar-refractivity contribution is 0.0381. The first-order valence-corrected chi connectivity index (χ1v) is 8.45. The second-order valence-corrected chi connectivity index (χ2v) is 6.69. The lowest BCUT2D eigenvalue weighted by atomic mass is 10.00. The van der Waals surface area contributed by atoms with Crippen molar-refractivity contribution in [3.63, 3.8) is 0 Å². The number of hydrogen-bond acceptors (Lipinski definition) is 5. The van der Waals surface area contributed by atoms with Crippen molar-refractivity contribution in [1.29, 1.82) is 0 Å². The first kappa shape index (κ1) is 16.7. The van der Waals surface area contributed by atoms with E-state index in [2.05, 4.69) is 10.3 Å². The quantitative estimate of drug-likeness (QED) is 0.907. The lowest BCUT2D eigenvalue weighted by Gasteiger charge is -2.21. The van der Waals surface area contributed by atoms with E-state index in [1.165, 1.54) is 0 Å². The summed E-state index contributed by atoms with van der Waals surface area (Å²) >= 11 is 0. The number of likely N-dealkylation sites (tertiary alicyclic amines) is 1. The molecule has 1 fully saturated rings. The zero-order valence-electron chi connectivity index (χ0n) is 14.4. The fraction of sp³-hybridized carbons (Fsp3) is 0.588. The predicted octanol–water partition coefficient (Wildman–Crippen LogP) is 2.14. The molecule has 7 heteroatoms. The maximum absolute atomic E-state index is 12.7. The van der Waals surface area contributed by atoms with E-state index in [9.17, 15) is 9.90 Å². The normalized spacial score (nSPS) is 21.0. The minimum Gasteiger partial charge on any atom is -0.469 e. The van der Waals surface area contributed by atoms with Crippen LogP contribution in [0.5, 0.6) is 0 Å². The van der Waals surface area contributed by atoms with Gasteiger partial charge in [-0.2, -0.15) is 0 Å². The van der Waals surface area contributed by atoms with E-state index in [0.29, 0.717) is 30.0 Å². The fourth-order valence-electron chi connectivity index (χ4n) is 3.04. The number of aryl methyl sites for hydroxylation is 1. The van der Waals surface area contributed by atoms with Crippen LogP contribution in [0.2, 0.25) is 0 Å². The van der Waals surface area contributed by atoms with Crippen LogP contribution in [0, 0.1) is 0 Å². The molecule has 1 aliphatic rings. The summed E-state index contributed by atoms with van der Waals surface area (Å²) in [5.74, 6) is 0.614. The summed E-state index contributed by atoms with van der Waals surface area (Å²) in [6.45, 7) is 6.76. The van der Waals surface area contributed by atoms with E-state index in [4.69, 9.17) is 4.42 Å². The minimum absolute atomic E-state index is 0.0978. The van der Waals surface area contributed by atoms with E-state index in [0.717, 1.165) is 12.8 Å². The molecule has 0 bridgehead atoms. The SMILES string of the molecule is CCCc1occc1C(=O)N1CC[C@@](O)(c2cn(C(C)C)nn2)C1. The Morgan fingerprint density at radius 2 is 2.29 bits per heavy atom. The van der Waals surface area contributed by atoms with Crippen molar-refractivity contribution in [2.75, 3.05) is 13.1 Å². The Labute approximate surface area is 141 Å². The van der Waals surface area contributed by atoms with Gasteiger partial charge in [-0.3, -0.25) is 4.79 Å². The maximum atomic E-state index is 12.7. The smallest absolute Gasteiger partial charge is 0.257 e. The Kier molecular flexibility index (Phi) is 4.45. The first-order chi connectivity index (χ1) is 11.4. The number of rotatable bonds is 5. The van der Waals surface area contributed by atoms with Crippen molar-refractivity contribution < 1.29 is 14.3 Å². The number of carbonyl (C=O) groups is 1. The number of carbonyl (C=O) groups excluding carboxylic acids is 1. The van der Waals surface area contributed by atoms with Crippen LogP contribution >= 0.6 is 0 Å². The van der Waals surface area contributed by atoms with Crippen LogP contribution in [0.1, 0.15) is 61.5 Å². The van der Waals surface area contributed by atoms with E-state index in [1.54, 1.807) is 28.1 Å². The van der Waals surface area contributed by atoms with Gasteiger partial charge in [0.1, 0.15) is 17.1 Å². The average Bonchev–Trinajstić information content (AvgIpc) is 3.26. The molecule has 1 atom stereocenters. The number of β-amino-alcohol motifs (C(OH)–C–C–N with tert-alkyl or cyclic N) is 1. The lowest BCUT2D eigenvalue weighted by Crippen LogP contribution is -2.34. The third-order valence-electron chi connectivity index (χ3n) is 4.50. The van der Waals surface area contributed by atoms with E-state index in [1.807, 2.05) is 20.8 Å². The molecule has 1 aliphatic heterocycles. The Morgan fingerprint density at radius 3 is 2.96 bits per heavy atom. The largest absolute Gasteiger partial charge is 0.469 e. The molecule has 24 heavy (non-hydrogen) atoms. The highest BCUT2D eigenvalue weighted by Crippen LogP contribution is 2.32. The van der Waals surface area contributed by atoms with E-state index in [-0.39, 0.29) is 18.5 Å². The molecule has 0 unspecified atom stereocenters. The van der Waals surface area contributed by atoms with Gasteiger partial charge in [-0.15, -0.1) is 5.10 Å². The molecule has 7 nitrogen and oxygen atoms in total. The highest BCUT2D eigenvalue weighted by molar-refractivity contribution is 5.95. The van der Waals surface area contributed by atoms with Crippen LogP contribution in [0.4, 0.5) is 0 Å². The Balaban J connectivity index is 1.76. The van der Waals surface area contributed by atoms with Crippen LogP contribution in [0.3, 0.4) is 0 Å². The van der Waals surface area contributed by atoms with Gasteiger partial charge in [0.2, 0.25) is 0 Å². The highest BCUT2D eigenvalue weighted by atomic mass is 16.3. The van der Waals surface area contributed by atoms with Gasteiger partial charge in [-0.1, -0.05) is 12.1 Å². The molecular formula is C17H24N4O3. The maximum Gasteiger partial charge on any atom is 0.257 e. The van der Waals surface area contributed by atoms with Crippen molar-refractivity contribution in [1.82, 2.24) is 19.9 Å². The van der Waals surface area contributed by atoms with Gasteiger partial charge >= 0.3 is 0 Å². The van der Waals surface area contributed by atoms with Crippen molar-refractivity contribution in [2.45, 2.75) is 51.7 Å². The number of hydrogen-bond donors (Lipinski definition) is 1. The summed E-state index contributed by atoms with van der Waals surface area (Å²) in [6, 6.07) is 1.89. The Bertz CT molecular complexity index is 721. The van der Waals surface area contributed by atoms with Gasteiger partial charge in [0.05, 0.1) is 24.6 Å². The fourth-order valence-corrected chi connectivity index (χ4v) is 3.04. The molecule has 2 aromatic rings. The van der Waals surface area contributed by atoms with Crippen molar-refractivity contribution in [3.05, 3.63) is 35.5 Å². The number of nitrogens with zero attached hydrogens (tertiary/aromatic N) is 4. The molecule has 0 saturated carbocycles. The molecule has 0 radical (unpaired) electrons. The summed E-state index contributed by atoms with van der Waals surface area (Å²) in [5, 5.41) is 19.1. The second kappa shape index (κ2) is 6.39. The topological polar surface area (TPSA) is 84.4 Å². The van der Waals surface area contributed by atoms with Crippen molar-refractivity contribution in [2.24, 2.45) is 0 Å². The van der Waals surface area contributed by atoms with Gasteiger partial charge < -0.3 is 14.4 Å². The molecule has 1 amide bonds. The number of aliphatic hydroxyl groups is 1. The Morgan fingerprint density at radius 1 is 1.50 bits per heavy atom. The molecular weight excluding hydrogens is 308 g/mol. The van der Waals surface area contributed by atoms with Gasteiger partial charge in [-0.25, -0.2) is 4.68 Å². The molecule has 0 spiro atoms. The molecule has 1 N–H and O–H groups in total. The van der Waals surface area contributed by atoms with Gasteiger partial charge in [-0.05, 0) is 26.3 Å². The first-order valence-electron chi connectivity index (χ1n) is 8.45. The number of amides is 1. The third kappa shape index (κ3) is 2.96. The molecule has 2 aromatic heterocycles. The molecule has 0 aliphatic carbocycles. The second-order valence-electron chi connectivity index (χ2n) is 6.69. The predicted molar refractivity (Wildman–Crippen MR) is 87.5 cm³/mol. The standard InChI is InChI=1S/C17H24N4O3/c1-4-5-14-13(6-9-24-14)16(22)20-8-7-17(23,11-20)15-10-21(12(2)3)19-18-15/h6,9-10,12,23H,4-5,7-8,11H2,1-3H3/t17-/m0/s1. The van der Waals surface area contributed by atoms with Crippen LogP contribution in [-0.4, -0.2) is 44.0 Å². The van der Waals surface area contributed by atoms with E-state index >= 15 is 0 Å².